The Morgan fingerprint density at radius 1 is 0.953 bits per heavy atom. The molecule has 1 aliphatic carbocycles. The van der Waals surface area contributed by atoms with Crippen LogP contribution < -0.4 is 9.64 Å². The Balaban J connectivity index is 1.30. The minimum absolute atomic E-state index is 0.134. The number of hydrogen-bond acceptors (Lipinski definition) is 7. The molecule has 1 saturated carbocycles. The zero-order chi connectivity index (χ0) is 30.2. The molecule has 3 aromatic carbocycles. The number of imide groups is 1. The Morgan fingerprint density at radius 2 is 1.65 bits per heavy atom. The van der Waals surface area contributed by atoms with Crippen molar-refractivity contribution < 1.29 is 28.7 Å². The fourth-order valence-electron chi connectivity index (χ4n) is 6.01. The van der Waals surface area contributed by atoms with Gasteiger partial charge in [-0.3, -0.25) is 19.3 Å². The maximum Gasteiger partial charge on any atom is 0.339 e. The summed E-state index contributed by atoms with van der Waals surface area (Å²) in [4.78, 5) is 58.4. The molecule has 2 aliphatic rings. The number of halogens is 1. The van der Waals surface area contributed by atoms with E-state index in [1.54, 1.807) is 66.7 Å². The SMILES string of the molecule is COc1cccc(C(=O)COC(=O)c2cc(-c3ccc(N4C(=O)C5CCCCC5C4=O)cc3)nc3c(C)c(Cl)ccc23)c1. The van der Waals surface area contributed by atoms with Gasteiger partial charge in [0.2, 0.25) is 11.8 Å². The number of fused-ring (bicyclic) bond motifs is 2. The summed E-state index contributed by atoms with van der Waals surface area (Å²) >= 11 is 6.41. The maximum absolute atomic E-state index is 13.4. The van der Waals surface area contributed by atoms with E-state index >= 15 is 0 Å². The fraction of sp³-hybridized carbons (Fsp3) is 0.265. The first-order chi connectivity index (χ1) is 20.8. The van der Waals surface area contributed by atoms with E-state index in [1.807, 2.05) is 6.92 Å². The predicted octanol–water partition coefficient (Wildman–Crippen LogP) is 6.59. The summed E-state index contributed by atoms with van der Waals surface area (Å²) in [6.45, 7) is 1.36. The van der Waals surface area contributed by atoms with Crippen LogP contribution in [-0.4, -0.2) is 42.3 Å². The highest BCUT2D eigenvalue weighted by molar-refractivity contribution is 6.32. The van der Waals surface area contributed by atoms with E-state index < -0.39 is 12.6 Å². The summed E-state index contributed by atoms with van der Waals surface area (Å²) in [5, 5.41) is 1.03. The first-order valence-corrected chi connectivity index (χ1v) is 14.6. The highest BCUT2D eigenvalue weighted by Gasteiger charge is 2.48. The Labute approximate surface area is 253 Å². The topological polar surface area (TPSA) is 103 Å². The van der Waals surface area contributed by atoms with Crippen molar-refractivity contribution in [3.63, 3.8) is 0 Å². The van der Waals surface area contributed by atoms with E-state index in [4.69, 9.17) is 26.1 Å². The first kappa shape index (κ1) is 28.6. The molecular weight excluding hydrogens is 568 g/mol. The van der Waals surface area contributed by atoms with Gasteiger partial charge in [0.25, 0.3) is 0 Å². The molecule has 1 aromatic heterocycles. The van der Waals surface area contributed by atoms with Crippen molar-refractivity contribution in [1.29, 1.82) is 0 Å². The van der Waals surface area contributed by atoms with Gasteiger partial charge < -0.3 is 9.47 Å². The van der Waals surface area contributed by atoms with Gasteiger partial charge in [-0.15, -0.1) is 0 Å². The summed E-state index contributed by atoms with van der Waals surface area (Å²) in [5.74, 6) is -1.27. The van der Waals surface area contributed by atoms with Crippen molar-refractivity contribution in [2.24, 2.45) is 11.8 Å². The molecule has 4 aromatic rings. The number of benzene rings is 3. The second kappa shape index (κ2) is 11.6. The van der Waals surface area contributed by atoms with Gasteiger partial charge in [-0.25, -0.2) is 9.78 Å². The number of aryl methyl sites for hydroxylation is 1. The maximum atomic E-state index is 13.4. The van der Waals surface area contributed by atoms with Crippen molar-refractivity contribution in [3.05, 3.63) is 88.4 Å². The fourth-order valence-corrected chi connectivity index (χ4v) is 6.16. The minimum atomic E-state index is -0.681. The molecule has 8 nitrogen and oxygen atoms in total. The largest absolute Gasteiger partial charge is 0.497 e. The van der Waals surface area contributed by atoms with Crippen LogP contribution in [-0.2, 0) is 14.3 Å². The van der Waals surface area contributed by atoms with Crippen LogP contribution in [0.2, 0.25) is 5.02 Å². The Hall–Kier alpha value is -4.56. The molecule has 0 bridgehead atoms. The van der Waals surface area contributed by atoms with Gasteiger partial charge in [-0.05, 0) is 61.7 Å². The molecule has 9 heteroatoms. The highest BCUT2D eigenvalue weighted by Crippen LogP contribution is 2.40. The van der Waals surface area contributed by atoms with Crippen LogP contribution in [0, 0.1) is 18.8 Å². The van der Waals surface area contributed by atoms with Gasteiger partial charge in [0.15, 0.2) is 12.4 Å². The summed E-state index contributed by atoms with van der Waals surface area (Å²) in [7, 11) is 1.51. The zero-order valence-electron chi connectivity index (χ0n) is 23.8. The van der Waals surface area contributed by atoms with E-state index in [-0.39, 0.29) is 35.0 Å². The van der Waals surface area contributed by atoms with Gasteiger partial charge in [0.05, 0.1) is 41.4 Å². The summed E-state index contributed by atoms with van der Waals surface area (Å²) in [5.41, 5.74) is 3.47. The first-order valence-electron chi connectivity index (χ1n) is 14.2. The molecule has 2 fully saturated rings. The van der Waals surface area contributed by atoms with E-state index in [9.17, 15) is 19.2 Å². The number of rotatable bonds is 7. The van der Waals surface area contributed by atoms with Gasteiger partial charge in [-0.1, -0.05) is 54.8 Å². The number of esters is 1. The molecule has 43 heavy (non-hydrogen) atoms. The smallest absolute Gasteiger partial charge is 0.339 e. The molecule has 218 valence electrons. The third-order valence-corrected chi connectivity index (χ3v) is 8.79. The number of ether oxygens (including phenoxy) is 2. The molecule has 0 spiro atoms. The number of nitrogens with zero attached hydrogens (tertiary/aromatic N) is 2. The van der Waals surface area contributed by atoms with Gasteiger partial charge >= 0.3 is 5.97 Å². The van der Waals surface area contributed by atoms with Crippen LogP contribution in [0.1, 0.15) is 52.0 Å². The molecule has 2 atom stereocenters. The minimum Gasteiger partial charge on any atom is -0.497 e. The number of Topliss-reactive ketones (excluding diaryl/α,β-unsaturated/α-hetero) is 1. The Bertz CT molecular complexity index is 1760. The number of aromatic nitrogens is 1. The number of anilines is 1. The van der Waals surface area contributed by atoms with Gasteiger partial charge in [0.1, 0.15) is 5.75 Å². The number of carbonyl (C=O) groups is 4. The highest BCUT2D eigenvalue weighted by atomic mass is 35.5. The van der Waals surface area contributed by atoms with Crippen LogP contribution in [0.4, 0.5) is 5.69 Å². The number of ketones is 1. The van der Waals surface area contributed by atoms with E-state index in [0.717, 1.165) is 25.7 Å². The Kier molecular flexibility index (Phi) is 7.71. The lowest BCUT2D eigenvalue weighted by Gasteiger charge is -2.19. The molecule has 1 saturated heterocycles. The van der Waals surface area contributed by atoms with Gasteiger partial charge in [-0.2, -0.15) is 0 Å². The molecule has 0 N–H and O–H groups in total. The number of pyridine rings is 1. The van der Waals surface area contributed by atoms with Crippen LogP contribution in [0.25, 0.3) is 22.2 Å². The standard InChI is InChI=1S/C34H29ClN2O6/c1-19-28(35)15-14-24-27(34(41)43-18-30(38)21-6-5-7-23(16-21)42-2)17-29(36-31(19)24)20-10-12-22(13-11-20)37-32(39)25-8-3-4-9-26(25)33(37)40/h5-7,10-17,25-26H,3-4,8-9,18H2,1-2H3. The molecule has 0 radical (unpaired) electrons. The van der Waals surface area contributed by atoms with Crippen molar-refractivity contribution in [1.82, 2.24) is 4.98 Å². The van der Waals surface area contributed by atoms with E-state index in [0.29, 0.717) is 49.7 Å². The summed E-state index contributed by atoms with van der Waals surface area (Å²) in [6.07, 6.45) is 3.42. The molecular formula is C34H29ClN2O6. The Morgan fingerprint density at radius 3 is 2.33 bits per heavy atom. The van der Waals surface area contributed by atoms with Crippen molar-refractivity contribution in [2.75, 3.05) is 18.6 Å². The molecule has 2 unspecified atom stereocenters. The van der Waals surface area contributed by atoms with Crippen LogP contribution in [0.15, 0.2) is 66.7 Å². The van der Waals surface area contributed by atoms with Crippen LogP contribution >= 0.6 is 11.6 Å². The zero-order valence-corrected chi connectivity index (χ0v) is 24.5. The molecule has 6 rings (SSSR count). The second-order valence-electron chi connectivity index (χ2n) is 10.9. The normalized spacial score (nSPS) is 18.1. The van der Waals surface area contributed by atoms with Crippen LogP contribution in [0.5, 0.6) is 5.75 Å². The van der Waals surface area contributed by atoms with Crippen molar-refractivity contribution in [2.45, 2.75) is 32.6 Å². The molecule has 1 aliphatic heterocycles. The van der Waals surface area contributed by atoms with Crippen molar-refractivity contribution >= 4 is 51.8 Å². The number of methoxy groups -OCH3 is 1. The monoisotopic (exact) mass is 596 g/mol. The van der Waals surface area contributed by atoms with Gasteiger partial charge in [0, 0.05) is 21.5 Å². The quantitative estimate of drug-likeness (QED) is 0.135. The number of hydrogen-bond donors (Lipinski definition) is 0. The average molecular weight is 597 g/mol. The number of carbonyl (C=O) groups excluding carboxylic acids is 4. The lowest BCUT2D eigenvalue weighted by molar-refractivity contribution is -0.122. The van der Waals surface area contributed by atoms with E-state index in [1.165, 1.54) is 12.0 Å². The third kappa shape index (κ3) is 5.27. The average Bonchev–Trinajstić information content (AvgIpc) is 3.30. The molecule has 2 amide bonds. The third-order valence-electron chi connectivity index (χ3n) is 8.38. The number of amides is 2. The van der Waals surface area contributed by atoms with Crippen LogP contribution in [0.3, 0.4) is 0 Å². The molecule has 2 heterocycles. The lowest BCUT2D eigenvalue weighted by atomic mass is 9.81. The second-order valence-corrected chi connectivity index (χ2v) is 11.3. The summed E-state index contributed by atoms with van der Waals surface area (Å²) < 4.78 is 10.7. The van der Waals surface area contributed by atoms with E-state index in [2.05, 4.69) is 0 Å². The lowest BCUT2D eigenvalue weighted by Crippen LogP contribution is -2.30. The predicted molar refractivity (Wildman–Crippen MR) is 162 cm³/mol. The summed E-state index contributed by atoms with van der Waals surface area (Å²) in [6, 6.07) is 18.6. The van der Waals surface area contributed by atoms with Crippen molar-refractivity contribution in [3.8, 4) is 17.0 Å².